The van der Waals surface area contributed by atoms with Crippen LogP contribution in [0.3, 0.4) is 0 Å². The van der Waals surface area contributed by atoms with Crippen LogP contribution in [0.15, 0.2) is 18.2 Å². The van der Waals surface area contributed by atoms with Crippen molar-refractivity contribution in [1.82, 2.24) is 9.55 Å². The summed E-state index contributed by atoms with van der Waals surface area (Å²) in [6, 6.07) is 5.69. The summed E-state index contributed by atoms with van der Waals surface area (Å²) in [5, 5.41) is 32.8. The lowest BCUT2D eigenvalue weighted by atomic mass is 9.73. The number of imidazole rings is 1. The van der Waals surface area contributed by atoms with Gasteiger partial charge in [-0.2, -0.15) is 0 Å². The minimum atomic E-state index is -1.28. The third kappa shape index (κ3) is 6.41. The number of carbonyl (C=O) groups excluding carboxylic acids is 2. The first-order valence-electron chi connectivity index (χ1n) is 13.4. The van der Waals surface area contributed by atoms with Crippen molar-refractivity contribution in [3.8, 4) is 0 Å². The van der Waals surface area contributed by atoms with Crippen molar-refractivity contribution in [2.45, 2.75) is 98.1 Å². The van der Waals surface area contributed by atoms with Crippen LogP contribution >= 0.6 is 0 Å². The number of aliphatic hydroxyl groups is 3. The molecule has 0 radical (unpaired) electrons. The highest BCUT2D eigenvalue weighted by atomic mass is 16.5. The molecule has 1 fully saturated rings. The van der Waals surface area contributed by atoms with Gasteiger partial charge in [-0.1, -0.05) is 47.1 Å². The number of benzene rings is 1. The number of aromatic nitrogens is 2. The van der Waals surface area contributed by atoms with E-state index in [0.29, 0.717) is 6.42 Å². The van der Waals surface area contributed by atoms with Crippen LogP contribution in [0.4, 0.5) is 0 Å². The Kier molecular flexibility index (Phi) is 9.19. The number of hydrogen-bond donors (Lipinski definition) is 3. The Morgan fingerprint density at radius 3 is 2.38 bits per heavy atom. The van der Waals surface area contributed by atoms with Crippen molar-refractivity contribution in [2.24, 2.45) is 30.2 Å². The number of Topliss-reactive ketones (excluding diaryl/α,β-unsaturated/α-hetero) is 1. The molecular formula is C29H44N2O6. The smallest absolute Gasteiger partial charge is 0.309 e. The topological polar surface area (TPSA) is 122 Å². The number of cyclic esters (lactones) is 1. The molecule has 1 aromatic carbocycles. The molecule has 7 atom stereocenters. The number of esters is 1. The molecule has 3 N–H and O–H groups in total. The highest BCUT2D eigenvalue weighted by molar-refractivity contribution is 5.88. The lowest BCUT2D eigenvalue weighted by Gasteiger charge is -2.35. The first kappa shape index (κ1) is 29.3. The quantitative estimate of drug-likeness (QED) is 0.490. The van der Waals surface area contributed by atoms with E-state index in [1.165, 1.54) is 0 Å². The van der Waals surface area contributed by atoms with E-state index in [1.54, 1.807) is 20.8 Å². The summed E-state index contributed by atoms with van der Waals surface area (Å²) in [5.74, 6) is -0.926. The molecule has 1 saturated heterocycles. The van der Waals surface area contributed by atoms with Gasteiger partial charge < -0.3 is 24.6 Å². The van der Waals surface area contributed by atoms with Gasteiger partial charge >= 0.3 is 5.97 Å². The molecule has 37 heavy (non-hydrogen) atoms. The highest BCUT2D eigenvalue weighted by Crippen LogP contribution is 2.34. The molecule has 0 bridgehead atoms. The third-order valence-electron chi connectivity index (χ3n) is 8.54. The van der Waals surface area contributed by atoms with Crippen LogP contribution in [-0.2, 0) is 21.4 Å². The van der Waals surface area contributed by atoms with Crippen molar-refractivity contribution < 1.29 is 29.6 Å². The van der Waals surface area contributed by atoms with Gasteiger partial charge in [0, 0.05) is 19.4 Å². The van der Waals surface area contributed by atoms with Crippen molar-refractivity contribution >= 4 is 22.8 Å². The van der Waals surface area contributed by atoms with Crippen LogP contribution in [-0.4, -0.2) is 54.9 Å². The van der Waals surface area contributed by atoms with Crippen LogP contribution in [0, 0.1) is 30.1 Å². The fourth-order valence-electron chi connectivity index (χ4n) is 5.39. The SMILES string of the molecule is Cc1nc2cc(C3C[C@H](O)[C@@H](C)CCC[C@H](C)[C@H](O)[C@@H](C)C(=O)C(C)(C)[C@@H](O)CC(=O)O3)ccc2n1C. The number of ether oxygens (including phenoxy) is 1. The van der Waals surface area contributed by atoms with Crippen molar-refractivity contribution in [2.75, 3.05) is 0 Å². The van der Waals surface area contributed by atoms with Crippen LogP contribution in [0.5, 0.6) is 0 Å². The summed E-state index contributed by atoms with van der Waals surface area (Å²) in [6.45, 7) is 10.7. The monoisotopic (exact) mass is 516 g/mol. The van der Waals surface area contributed by atoms with Crippen LogP contribution in [0.1, 0.15) is 84.2 Å². The lowest BCUT2D eigenvalue weighted by molar-refractivity contribution is -0.157. The number of hydrogen-bond acceptors (Lipinski definition) is 7. The predicted octanol–water partition coefficient (Wildman–Crippen LogP) is 4.02. The summed E-state index contributed by atoms with van der Waals surface area (Å²) >= 11 is 0. The molecule has 2 heterocycles. The predicted molar refractivity (Wildman–Crippen MR) is 142 cm³/mol. The van der Waals surface area contributed by atoms with E-state index in [4.69, 9.17) is 4.74 Å². The summed E-state index contributed by atoms with van der Waals surface area (Å²) in [4.78, 5) is 30.9. The maximum Gasteiger partial charge on any atom is 0.309 e. The van der Waals surface area contributed by atoms with Crippen molar-refractivity contribution in [3.63, 3.8) is 0 Å². The van der Waals surface area contributed by atoms with Gasteiger partial charge in [0.15, 0.2) is 0 Å². The Balaban J connectivity index is 1.93. The molecule has 1 aromatic heterocycles. The van der Waals surface area contributed by atoms with Crippen molar-refractivity contribution in [3.05, 3.63) is 29.6 Å². The zero-order valence-corrected chi connectivity index (χ0v) is 23.3. The molecule has 206 valence electrons. The number of fused-ring (bicyclic) bond motifs is 1. The molecule has 0 amide bonds. The second-order valence-corrected chi connectivity index (χ2v) is 11.7. The second-order valence-electron chi connectivity index (χ2n) is 11.7. The zero-order chi connectivity index (χ0) is 27.7. The molecule has 8 nitrogen and oxygen atoms in total. The minimum Gasteiger partial charge on any atom is -0.457 e. The van der Waals surface area contributed by atoms with Gasteiger partial charge in [-0.3, -0.25) is 9.59 Å². The van der Waals surface area contributed by atoms with E-state index >= 15 is 0 Å². The van der Waals surface area contributed by atoms with E-state index < -0.39 is 41.7 Å². The van der Waals surface area contributed by atoms with Gasteiger partial charge in [-0.15, -0.1) is 0 Å². The van der Waals surface area contributed by atoms with E-state index in [1.807, 2.05) is 50.6 Å². The fraction of sp³-hybridized carbons (Fsp3) is 0.690. The number of ketones is 1. The van der Waals surface area contributed by atoms with Crippen LogP contribution < -0.4 is 0 Å². The molecule has 1 aliphatic rings. The maximum atomic E-state index is 13.3. The Morgan fingerprint density at radius 2 is 1.70 bits per heavy atom. The number of rotatable bonds is 1. The van der Waals surface area contributed by atoms with Crippen LogP contribution in [0.25, 0.3) is 11.0 Å². The minimum absolute atomic E-state index is 0.0529. The molecule has 2 aromatic rings. The van der Waals surface area contributed by atoms with Gasteiger partial charge in [0.2, 0.25) is 0 Å². The van der Waals surface area contributed by atoms with E-state index in [2.05, 4.69) is 4.98 Å². The molecule has 0 saturated carbocycles. The second kappa shape index (κ2) is 11.6. The largest absolute Gasteiger partial charge is 0.457 e. The average molecular weight is 517 g/mol. The molecule has 0 spiro atoms. The lowest BCUT2D eigenvalue weighted by Crippen LogP contribution is -2.45. The van der Waals surface area contributed by atoms with Crippen molar-refractivity contribution in [1.29, 1.82) is 0 Å². The first-order valence-corrected chi connectivity index (χ1v) is 13.4. The summed E-state index contributed by atoms with van der Waals surface area (Å²) in [7, 11) is 1.94. The van der Waals surface area contributed by atoms with Gasteiger partial charge in [-0.05, 0) is 49.3 Å². The van der Waals surface area contributed by atoms with Crippen LogP contribution in [0.2, 0.25) is 0 Å². The fourth-order valence-corrected chi connectivity index (χ4v) is 5.39. The zero-order valence-electron chi connectivity index (χ0n) is 23.3. The molecular weight excluding hydrogens is 472 g/mol. The Bertz CT molecular complexity index is 1110. The molecule has 1 unspecified atom stereocenters. The van der Waals surface area contributed by atoms with E-state index in [-0.39, 0.29) is 30.5 Å². The Morgan fingerprint density at radius 1 is 1.05 bits per heavy atom. The molecule has 0 aliphatic carbocycles. The Labute approximate surface area is 220 Å². The summed E-state index contributed by atoms with van der Waals surface area (Å²) < 4.78 is 7.83. The first-order chi connectivity index (χ1) is 17.2. The molecule has 1 aliphatic heterocycles. The number of nitrogens with zero attached hydrogens (tertiary/aromatic N) is 2. The molecule has 8 heteroatoms. The highest BCUT2D eigenvalue weighted by Gasteiger charge is 2.42. The number of carbonyl (C=O) groups is 2. The third-order valence-corrected chi connectivity index (χ3v) is 8.54. The molecule has 3 rings (SSSR count). The van der Waals surface area contributed by atoms with E-state index in [9.17, 15) is 24.9 Å². The Hall–Kier alpha value is -2.29. The summed E-state index contributed by atoms with van der Waals surface area (Å²) in [5.41, 5.74) is 1.21. The van der Waals surface area contributed by atoms with Gasteiger partial charge in [-0.25, -0.2) is 4.98 Å². The van der Waals surface area contributed by atoms with Gasteiger partial charge in [0.25, 0.3) is 0 Å². The number of aryl methyl sites for hydroxylation is 2. The maximum absolute atomic E-state index is 13.3. The van der Waals surface area contributed by atoms with E-state index in [0.717, 1.165) is 35.3 Å². The van der Waals surface area contributed by atoms with Gasteiger partial charge in [0.1, 0.15) is 17.7 Å². The average Bonchev–Trinajstić information content (AvgIpc) is 3.13. The number of aliphatic hydroxyl groups excluding tert-OH is 3. The normalized spacial score (nSPS) is 32.9. The summed E-state index contributed by atoms with van der Waals surface area (Å²) in [6.07, 6.45) is -1.50. The standard InChI is InChI=1S/C29H44N2O6/c1-16-9-8-10-17(2)27(35)18(3)28(36)29(5,6)25(33)15-26(34)37-24(14-23(16)32)20-11-12-22-21(13-20)30-19(4)31(22)7/h11-13,16-18,23-25,27,32-33,35H,8-10,14-15H2,1-7H3/t16-,17-,18+,23-,24?,25-,27-/m0/s1. The van der Waals surface area contributed by atoms with Gasteiger partial charge in [0.05, 0.1) is 41.2 Å².